The van der Waals surface area contributed by atoms with Crippen molar-refractivity contribution in [1.82, 2.24) is 0 Å². The Hall–Kier alpha value is -2.13. The Bertz CT molecular complexity index is 727. The summed E-state index contributed by atoms with van der Waals surface area (Å²) in [5, 5.41) is 0. The second kappa shape index (κ2) is 5.10. The molecule has 0 saturated heterocycles. The molecular formula is C17H14FNS. The SMILES string of the molecule is Cc1cc(F)c(-c2ccc(-c3ccc(N)cc3)cc2)s1. The lowest BCUT2D eigenvalue weighted by Crippen LogP contribution is -1.84. The summed E-state index contributed by atoms with van der Waals surface area (Å²) in [7, 11) is 0. The molecule has 0 aliphatic heterocycles. The van der Waals surface area contributed by atoms with Crippen molar-refractivity contribution in [2.75, 3.05) is 5.73 Å². The van der Waals surface area contributed by atoms with Crippen molar-refractivity contribution in [1.29, 1.82) is 0 Å². The van der Waals surface area contributed by atoms with E-state index < -0.39 is 0 Å². The van der Waals surface area contributed by atoms with Crippen LogP contribution < -0.4 is 5.73 Å². The molecule has 2 N–H and O–H groups in total. The number of aryl methyl sites for hydroxylation is 1. The average Bonchev–Trinajstić information content (AvgIpc) is 2.79. The Kier molecular flexibility index (Phi) is 3.28. The van der Waals surface area contributed by atoms with E-state index in [-0.39, 0.29) is 5.82 Å². The number of hydrogen-bond donors (Lipinski definition) is 1. The van der Waals surface area contributed by atoms with Gasteiger partial charge in [0.15, 0.2) is 0 Å². The summed E-state index contributed by atoms with van der Waals surface area (Å²) in [5.74, 6) is -0.146. The number of nitrogens with two attached hydrogens (primary N) is 1. The van der Waals surface area contributed by atoms with Crippen LogP contribution in [-0.4, -0.2) is 0 Å². The van der Waals surface area contributed by atoms with Gasteiger partial charge in [-0.3, -0.25) is 0 Å². The molecule has 0 bridgehead atoms. The molecule has 1 heterocycles. The molecular weight excluding hydrogens is 269 g/mol. The van der Waals surface area contributed by atoms with Crippen molar-refractivity contribution in [3.63, 3.8) is 0 Å². The van der Waals surface area contributed by atoms with Gasteiger partial charge < -0.3 is 5.73 Å². The van der Waals surface area contributed by atoms with Crippen LogP contribution in [0, 0.1) is 12.7 Å². The van der Waals surface area contributed by atoms with Crippen LogP contribution in [0.4, 0.5) is 10.1 Å². The second-order valence-electron chi connectivity index (χ2n) is 4.73. The molecule has 3 rings (SSSR count). The molecule has 1 aromatic heterocycles. The second-order valence-corrected chi connectivity index (χ2v) is 5.99. The third kappa shape index (κ3) is 2.45. The van der Waals surface area contributed by atoms with Crippen molar-refractivity contribution in [3.8, 4) is 21.6 Å². The van der Waals surface area contributed by atoms with E-state index in [1.165, 1.54) is 11.3 Å². The van der Waals surface area contributed by atoms with E-state index in [2.05, 4.69) is 0 Å². The van der Waals surface area contributed by atoms with Gasteiger partial charge in [0.25, 0.3) is 0 Å². The standard InChI is InChI=1S/C17H14FNS/c1-11-10-16(18)17(20-11)14-4-2-12(3-5-14)13-6-8-15(19)9-7-13/h2-10H,19H2,1H3. The zero-order valence-corrected chi connectivity index (χ0v) is 11.9. The Balaban J connectivity index is 1.95. The van der Waals surface area contributed by atoms with Gasteiger partial charge in [0, 0.05) is 10.6 Å². The number of benzene rings is 2. The first-order valence-electron chi connectivity index (χ1n) is 6.36. The molecule has 3 aromatic rings. The van der Waals surface area contributed by atoms with Gasteiger partial charge >= 0.3 is 0 Å². The summed E-state index contributed by atoms with van der Waals surface area (Å²) in [6.07, 6.45) is 0. The van der Waals surface area contributed by atoms with Gasteiger partial charge in [-0.05, 0) is 41.8 Å². The van der Waals surface area contributed by atoms with E-state index in [4.69, 9.17) is 5.73 Å². The maximum atomic E-state index is 13.8. The molecule has 0 spiro atoms. The summed E-state index contributed by atoms with van der Waals surface area (Å²) >= 11 is 1.48. The smallest absolute Gasteiger partial charge is 0.142 e. The number of halogens is 1. The fourth-order valence-electron chi connectivity index (χ4n) is 2.17. The normalized spacial score (nSPS) is 10.7. The highest BCUT2D eigenvalue weighted by molar-refractivity contribution is 7.15. The number of nitrogen functional groups attached to an aromatic ring is 1. The molecule has 0 aliphatic rings. The van der Waals surface area contributed by atoms with Gasteiger partial charge in [0.1, 0.15) is 5.82 Å². The minimum absolute atomic E-state index is 0.146. The van der Waals surface area contributed by atoms with Gasteiger partial charge in [0.2, 0.25) is 0 Å². The van der Waals surface area contributed by atoms with Crippen LogP contribution in [0.2, 0.25) is 0 Å². The first kappa shape index (κ1) is 12.9. The largest absolute Gasteiger partial charge is 0.399 e. The molecule has 0 amide bonds. The molecule has 2 aromatic carbocycles. The van der Waals surface area contributed by atoms with Crippen molar-refractivity contribution in [3.05, 3.63) is 65.3 Å². The van der Waals surface area contributed by atoms with Crippen LogP contribution in [0.15, 0.2) is 54.6 Å². The highest BCUT2D eigenvalue weighted by Gasteiger charge is 2.09. The van der Waals surface area contributed by atoms with Crippen molar-refractivity contribution >= 4 is 17.0 Å². The summed E-state index contributed by atoms with van der Waals surface area (Å²) in [6.45, 7) is 1.92. The van der Waals surface area contributed by atoms with E-state index in [0.29, 0.717) is 4.88 Å². The fraction of sp³-hybridized carbons (Fsp3) is 0.0588. The maximum absolute atomic E-state index is 13.8. The van der Waals surface area contributed by atoms with Crippen LogP contribution in [-0.2, 0) is 0 Å². The Morgan fingerprint density at radius 1 is 0.850 bits per heavy atom. The van der Waals surface area contributed by atoms with Crippen LogP contribution in [0.25, 0.3) is 21.6 Å². The molecule has 0 unspecified atom stereocenters. The Morgan fingerprint density at radius 3 is 1.85 bits per heavy atom. The lowest BCUT2D eigenvalue weighted by molar-refractivity contribution is 0.635. The zero-order chi connectivity index (χ0) is 14.1. The lowest BCUT2D eigenvalue weighted by atomic mass is 10.0. The van der Waals surface area contributed by atoms with Crippen molar-refractivity contribution in [2.24, 2.45) is 0 Å². The number of rotatable bonds is 2. The topological polar surface area (TPSA) is 26.0 Å². The Labute approximate surface area is 121 Å². The van der Waals surface area contributed by atoms with Gasteiger partial charge in [-0.2, -0.15) is 0 Å². The van der Waals surface area contributed by atoms with Crippen LogP contribution in [0.5, 0.6) is 0 Å². The molecule has 1 nitrogen and oxygen atoms in total. The molecule has 0 atom stereocenters. The van der Waals surface area contributed by atoms with Crippen LogP contribution >= 0.6 is 11.3 Å². The first-order valence-corrected chi connectivity index (χ1v) is 7.17. The van der Waals surface area contributed by atoms with E-state index in [1.807, 2.05) is 55.5 Å². The van der Waals surface area contributed by atoms with E-state index >= 15 is 0 Å². The number of thiophene rings is 1. The van der Waals surface area contributed by atoms with Gasteiger partial charge in [-0.25, -0.2) is 4.39 Å². The molecule has 0 aliphatic carbocycles. The van der Waals surface area contributed by atoms with Crippen LogP contribution in [0.3, 0.4) is 0 Å². The summed E-state index contributed by atoms with van der Waals surface area (Å²) < 4.78 is 13.8. The van der Waals surface area contributed by atoms with Crippen LogP contribution in [0.1, 0.15) is 4.88 Å². The fourth-order valence-corrected chi connectivity index (χ4v) is 3.06. The van der Waals surface area contributed by atoms with Gasteiger partial charge in [-0.1, -0.05) is 36.4 Å². The van der Waals surface area contributed by atoms with Gasteiger partial charge in [-0.15, -0.1) is 11.3 Å². The average molecular weight is 283 g/mol. The first-order chi connectivity index (χ1) is 9.63. The summed E-state index contributed by atoms with van der Waals surface area (Å²) in [4.78, 5) is 1.69. The molecule has 0 radical (unpaired) electrons. The molecule has 100 valence electrons. The molecule has 0 fully saturated rings. The third-order valence-corrected chi connectivity index (χ3v) is 4.28. The van der Waals surface area contributed by atoms with E-state index in [9.17, 15) is 4.39 Å². The molecule has 3 heteroatoms. The van der Waals surface area contributed by atoms with Crippen molar-refractivity contribution < 1.29 is 4.39 Å². The number of anilines is 1. The van der Waals surface area contributed by atoms with E-state index in [1.54, 1.807) is 6.07 Å². The summed E-state index contributed by atoms with van der Waals surface area (Å²) in [5.41, 5.74) is 9.56. The van der Waals surface area contributed by atoms with Gasteiger partial charge in [0.05, 0.1) is 4.88 Å². The number of hydrogen-bond acceptors (Lipinski definition) is 2. The summed E-state index contributed by atoms with van der Waals surface area (Å²) in [6, 6.07) is 17.2. The highest BCUT2D eigenvalue weighted by Crippen LogP contribution is 2.32. The zero-order valence-electron chi connectivity index (χ0n) is 11.1. The third-order valence-electron chi connectivity index (χ3n) is 3.20. The maximum Gasteiger partial charge on any atom is 0.142 e. The molecule has 20 heavy (non-hydrogen) atoms. The molecule has 0 saturated carbocycles. The predicted molar refractivity (Wildman–Crippen MR) is 84.3 cm³/mol. The lowest BCUT2D eigenvalue weighted by Gasteiger charge is -2.04. The van der Waals surface area contributed by atoms with E-state index in [0.717, 1.165) is 27.3 Å². The highest BCUT2D eigenvalue weighted by atomic mass is 32.1. The van der Waals surface area contributed by atoms with Crippen molar-refractivity contribution in [2.45, 2.75) is 6.92 Å². The predicted octanol–water partition coefficient (Wildman–Crippen LogP) is 5.11. The minimum atomic E-state index is -0.146. The minimum Gasteiger partial charge on any atom is -0.399 e. The Morgan fingerprint density at radius 2 is 1.35 bits per heavy atom. The monoisotopic (exact) mass is 283 g/mol. The quantitative estimate of drug-likeness (QED) is 0.650.